The topological polar surface area (TPSA) is 78.3 Å². The lowest BCUT2D eigenvalue weighted by Gasteiger charge is -2.24. The van der Waals surface area contributed by atoms with Crippen LogP contribution in [-0.2, 0) is 11.3 Å². The highest BCUT2D eigenvalue weighted by molar-refractivity contribution is 7.99. The molecule has 1 aromatic carbocycles. The van der Waals surface area contributed by atoms with Crippen LogP contribution in [0, 0.1) is 12.8 Å². The lowest BCUT2D eigenvalue weighted by molar-refractivity contribution is -0.119. The van der Waals surface area contributed by atoms with Gasteiger partial charge in [-0.15, -0.1) is 16.8 Å². The van der Waals surface area contributed by atoms with Crippen molar-refractivity contribution in [1.29, 1.82) is 0 Å². The number of ether oxygens (including phenoxy) is 2. The van der Waals surface area contributed by atoms with Gasteiger partial charge >= 0.3 is 0 Å². The van der Waals surface area contributed by atoms with Gasteiger partial charge in [0.2, 0.25) is 5.91 Å². The average Bonchev–Trinajstić information content (AvgIpc) is 2.90. The minimum atomic E-state index is -0.118. The zero-order valence-corrected chi connectivity index (χ0v) is 18.0. The Morgan fingerprint density at radius 2 is 2.07 bits per heavy atom. The molecule has 29 heavy (non-hydrogen) atoms. The maximum absolute atomic E-state index is 12.7. The van der Waals surface area contributed by atoms with Gasteiger partial charge in [-0.05, 0) is 30.5 Å². The summed E-state index contributed by atoms with van der Waals surface area (Å²) in [5.74, 6) is 2.74. The van der Waals surface area contributed by atoms with Gasteiger partial charge in [0, 0.05) is 13.0 Å². The molecule has 0 saturated carbocycles. The quantitative estimate of drug-likeness (QED) is 0.524. The van der Waals surface area contributed by atoms with E-state index in [1.165, 1.54) is 11.8 Å². The molecule has 0 bridgehead atoms. The van der Waals surface area contributed by atoms with Crippen LogP contribution in [0.4, 0.5) is 0 Å². The zero-order valence-electron chi connectivity index (χ0n) is 17.2. The highest BCUT2D eigenvalue weighted by atomic mass is 32.2. The third-order valence-corrected chi connectivity index (χ3v) is 5.63. The summed E-state index contributed by atoms with van der Waals surface area (Å²) in [5, 5.41) is 12.1. The lowest BCUT2D eigenvalue weighted by Crippen LogP contribution is -2.33. The molecule has 2 heterocycles. The average molecular weight is 417 g/mol. The first-order chi connectivity index (χ1) is 14.0. The van der Waals surface area contributed by atoms with Gasteiger partial charge in [0.1, 0.15) is 5.82 Å². The van der Waals surface area contributed by atoms with Crippen LogP contribution in [-0.4, -0.2) is 39.6 Å². The second-order valence-electron chi connectivity index (χ2n) is 7.26. The molecule has 156 valence electrons. The molecule has 2 aromatic rings. The summed E-state index contributed by atoms with van der Waals surface area (Å²) in [5.41, 5.74) is 1.01. The lowest BCUT2D eigenvalue weighted by atomic mass is 9.95. The number of allylic oxidation sites excluding steroid dienone is 1. The number of nitrogens with zero attached hydrogens (tertiary/aromatic N) is 3. The summed E-state index contributed by atoms with van der Waals surface area (Å²) in [6.45, 7) is 11.7. The number of hydrogen-bond acceptors (Lipinski definition) is 6. The number of aromatic nitrogens is 3. The largest absolute Gasteiger partial charge is 0.490 e. The van der Waals surface area contributed by atoms with Crippen molar-refractivity contribution in [3.63, 3.8) is 0 Å². The normalized spacial score (nSPS) is 14.3. The highest BCUT2D eigenvalue weighted by Crippen LogP contribution is 2.34. The Hall–Kier alpha value is -2.48. The Balaban J connectivity index is 1.67. The third-order valence-electron chi connectivity index (χ3n) is 4.66. The van der Waals surface area contributed by atoms with Crippen LogP contribution in [0.1, 0.15) is 37.7 Å². The van der Waals surface area contributed by atoms with E-state index in [4.69, 9.17) is 9.47 Å². The predicted molar refractivity (Wildman–Crippen MR) is 113 cm³/mol. The standard InChI is InChI=1S/C21H28N4O3S/c1-5-9-25-15(4)23-24-21(25)29-13-19(26)22-20(14(2)3)16-7-8-17-18(12-16)28-11-6-10-27-17/h5,7-8,12,14,20H,1,6,9-11,13H2,2-4H3,(H,22,26). The van der Waals surface area contributed by atoms with E-state index in [0.717, 1.165) is 29.3 Å². The van der Waals surface area contributed by atoms with E-state index in [9.17, 15) is 4.79 Å². The third kappa shape index (κ3) is 5.32. The van der Waals surface area contributed by atoms with Crippen LogP contribution in [0.25, 0.3) is 0 Å². The summed E-state index contributed by atoms with van der Waals surface area (Å²) in [6.07, 6.45) is 2.65. The molecule has 8 heteroatoms. The minimum Gasteiger partial charge on any atom is -0.490 e. The number of thioether (sulfide) groups is 1. The van der Waals surface area contributed by atoms with E-state index in [-0.39, 0.29) is 23.6 Å². The molecular formula is C21H28N4O3S. The van der Waals surface area contributed by atoms with E-state index in [0.29, 0.717) is 24.9 Å². The van der Waals surface area contributed by atoms with Gasteiger partial charge in [0.15, 0.2) is 16.7 Å². The van der Waals surface area contributed by atoms with Crippen LogP contribution in [0.5, 0.6) is 11.5 Å². The number of aryl methyl sites for hydroxylation is 1. The Labute approximate surface area is 175 Å². The summed E-state index contributed by atoms with van der Waals surface area (Å²) >= 11 is 1.38. The fraction of sp³-hybridized carbons (Fsp3) is 0.476. The van der Waals surface area contributed by atoms with Crippen LogP contribution in [0.15, 0.2) is 36.0 Å². The highest BCUT2D eigenvalue weighted by Gasteiger charge is 2.21. The number of benzene rings is 1. The summed E-state index contributed by atoms with van der Waals surface area (Å²) < 4.78 is 13.4. The fourth-order valence-electron chi connectivity index (χ4n) is 3.16. The summed E-state index contributed by atoms with van der Waals surface area (Å²) in [4.78, 5) is 12.7. The Bertz CT molecular complexity index is 866. The van der Waals surface area contributed by atoms with Crippen LogP contribution < -0.4 is 14.8 Å². The SMILES string of the molecule is C=CCn1c(C)nnc1SCC(=O)NC(c1ccc2c(c1)OCCCO2)C(C)C. The summed E-state index contributed by atoms with van der Waals surface area (Å²) in [6, 6.07) is 5.78. The minimum absolute atomic E-state index is 0.0494. The van der Waals surface area contributed by atoms with Crippen molar-refractivity contribution in [2.45, 2.75) is 44.9 Å². The number of hydrogen-bond donors (Lipinski definition) is 1. The number of amides is 1. The van der Waals surface area contributed by atoms with Crippen molar-refractivity contribution < 1.29 is 14.3 Å². The van der Waals surface area contributed by atoms with Gasteiger partial charge in [-0.2, -0.15) is 0 Å². The van der Waals surface area contributed by atoms with Gasteiger partial charge in [0.05, 0.1) is 25.0 Å². The molecule has 1 aliphatic rings. The number of carbonyl (C=O) groups is 1. The van der Waals surface area contributed by atoms with Gasteiger partial charge in [-0.25, -0.2) is 0 Å². The number of nitrogens with one attached hydrogen (secondary N) is 1. The molecule has 0 fully saturated rings. The van der Waals surface area contributed by atoms with Crippen LogP contribution >= 0.6 is 11.8 Å². The van der Waals surface area contributed by atoms with Crippen LogP contribution in [0.2, 0.25) is 0 Å². The second kappa shape index (κ2) is 9.82. The van der Waals surface area contributed by atoms with Gasteiger partial charge in [-0.3, -0.25) is 4.79 Å². The maximum atomic E-state index is 12.7. The number of rotatable bonds is 8. The Morgan fingerprint density at radius 3 is 2.79 bits per heavy atom. The molecule has 1 aliphatic heterocycles. The molecule has 1 N–H and O–H groups in total. The van der Waals surface area contributed by atoms with Crippen molar-refractivity contribution in [3.05, 3.63) is 42.2 Å². The van der Waals surface area contributed by atoms with E-state index in [1.54, 1.807) is 6.08 Å². The fourth-order valence-corrected chi connectivity index (χ4v) is 3.97. The van der Waals surface area contributed by atoms with Crippen molar-refractivity contribution in [2.75, 3.05) is 19.0 Å². The first-order valence-electron chi connectivity index (χ1n) is 9.82. The molecule has 1 amide bonds. The van der Waals surface area contributed by atoms with E-state index in [1.807, 2.05) is 29.7 Å². The van der Waals surface area contributed by atoms with E-state index in [2.05, 4.69) is 35.9 Å². The van der Waals surface area contributed by atoms with Gasteiger partial charge < -0.3 is 19.4 Å². The summed E-state index contributed by atoms with van der Waals surface area (Å²) in [7, 11) is 0. The smallest absolute Gasteiger partial charge is 0.230 e. The molecule has 3 rings (SSSR count). The zero-order chi connectivity index (χ0) is 20.8. The first kappa shape index (κ1) is 21.2. The molecule has 7 nitrogen and oxygen atoms in total. The van der Waals surface area contributed by atoms with Gasteiger partial charge in [0.25, 0.3) is 0 Å². The molecule has 1 atom stereocenters. The number of fused-ring (bicyclic) bond motifs is 1. The van der Waals surface area contributed by atoms with Crippen molar-refractivity contribution >= 4 is 17.7 Å². The Morgan fingerprint density at radius 1 is 1.31 bits per heavy atom. The van der Waals surface area contributed by atoms with Crippen molar-refractivity contribution in [1.82, 2.24) is 20.1 Å². The van der Waals surface area contributed by atoms with E-state index >= 15 is 0 Å². The molecule has 1 aromatic heterocycles. The Kier molecular flexibility index (Phi) is 7.19. The van der Waals surface area contributed by atoms with E-state index < -0.39 is 0 Å². The van der Waals surface area contributed by atoms with Crippen molar-refractivity contribution in [2.24, 2.45) is 5.92 Å². The van der Waals surface area contributed by atoms with Crippen LogP contribution in [0.3, 0.4) is 0 Å². The number of carbonyl (C=O) groups excluding carboxylic acids is 1. The second-order valence-corrected chi connectivity index (χ2v) is 8.21. The van der Waals surface area contributed by atoms with Crippen molar-refractivity contribution in [3.8, 4) is 11.5 Å². The predicted octanol–water partition coefficient (Wildman–Crippen LogP) is 3.54. The first-order valence-corrected chi connectivity index (χ1v) is 10.8. The maximum Gasteiger partial charge on any atom is 0.230 e. The molecule has 0 spiro atoms. The monoisotopic (exact) mass is 416 g/mol. The molecule has 0 radical (unpaired) electrons. The molecule has 1 unspecified atom stereocenters. The molecule has 0 aliphatic carbocycles. The molecular weight excluding hydrogens is 388 g/mol. The molecule has 0 saturated heterocycles. The van der Waals surface area contributed by atoms with Gasteiger partial charge in [-0.1, -0.05) is 37.8 Å².